The number of hydrogen-bond donors (Lipinski definition) is 0. The lowest BCUT2D eigenvalue weighted by Crippen LogP contribution is -2.60. The van der Waals surface area contributed by atoms with E-state index in [1.807, 2.05) is 6.92 Å². The lowest BCUT2D eigenvalue weighted by Gasteiger charge is -2.50. The van der Waals surface area contributed by atoms with Crippen LogP contribution in [0.2, 0.25) is 5.02 Å². The van der Waals surface area contributed by atoms with Crippen LogP contribution in [-0.4, -0.2) is 28.4 Å². The van der Waals surface area contributed by atoms with E-state index in [0.29, 0.717) is 31.4 Å². The zero-order chi connectivity index (χ0) is 22.9. The maximum absolute atomic E-state index is 14.2. The number of ether oxygens (including phenoxy) is 1. The summed E-state index contributed by atoms with van der Waals surface area (Å²) < 4.78 is 91.2. The Morgan fingerprint density at radius 3 is 1.94 bits per heavy atom. The van der Waals surface area contributed by atoms with Gasteiger partial charge >= 0.3 is 12.4 Å². The van der Waals surface area contributed by atoms with Crippen LogP contribution in [0.5, 0.6) is 5.88 Å². The SMILES string of the molecule is CCc1ncnc(OC2CCC(C(C3CCCCC3)(C(F)(F)F)C(F)(F)F)CC2)c1Cl. The summed E-state index contributed by atoms with van der Waals surface area (Å²) in [5, 5.41) is 0.231. The summed E-state index contributed by atoms with van der Waals surface area (Å²) in [5.74, 6) is -2.81. The molecule has 1 heterocycles. The molecule has 2 aliphatic rings. The standard InChI is InChI=1S/C21H27ClF6N2O/c1-2-16-17(22)18(30-12-29-16)31-15-10-8-14(9-11-15)19(20(23,24)25,21(26,27)28)13-6-4-3-5-7-13/h12-15H,2-11H2,1H3. The van der Waals surface area contributed by atoms with Gasteiger partial charge in [0.1, 0.15) is 17.5 Å². The van der Waals surface area contributed by atoms with E-state index in [1.54, 1.807) is 0 Å². The van der Waals surface area contributed by atoms with E-state index in [1.165, 1.54) is 6.33 Å². The van der Waals surface area contributed by atoms with Crippen LogP contribution in [0.3, 0.4) is 0 Å². The van der Waals surface area contributed by atoms with Crippen LogP contribution in [0.1, 0.15) is 70.4 Å². The largest absolute Gasteiger partial charge is 0.473 e. The summed E-state index contributed by atoms with van der Waals surface area (Å²) in [6.07, 6.45) is -8.20. The molecule has 0 amide bonds. The topological polar surface area (TPSA) is 35.0 Å². The molecule has 0 aliphatic heterocycles. The van der Waals surface area contributed by atoms with Crippen molar-refractivity contribution < 1.29 is 31.1 Å². The van der Waals surface area contributed by atoms with Gasteiger partial charge in [-0.15, -0.1) is 0 Å². The average molecular weight is 473 g/mol. The molecule has 0 radical (unpaired) electrons. The first-order chi connectivity index (χ1) is 14.5. The first-order valence-electron chi connectivity index (χ1n) is 10.8. The van der Waals surface area contributed by atoms with E-state index >= 15 is 0 Å². The number of halogens is 7. The lowest BCUT2D eigenvalue weighted by molar-refractivity contribution is -0.382. The Hall–Kier alpha value is -1.25. The summed E-state index contributed by atoms with van der Waals surface area (Å²) in [4.78, 5) is 8.00. The lowest BCUT2D eigenvalue weighted by atomic mass is 9.57. The van der Waals surface area contributed by atoms with Crippen molar-refractivity contribution in [1.29, 1.82) is 0 Å². The van der Waals surface area contributed by atoms with E-state index in [4.69, 9.17) is 16.3 Å². The van der Waals surface area contributed by atoms with E-state index in [9.17, 15) is 26.3 Å². The zero-order valence-electron chi connectivity index (χ0n) is 17.3. The van der Waals surface area contributed by atoms with Crippen LogP contribution in [0, 0.1) is 17.3 Å². The minimum Gasteiger partial charge on any atom is -0.473 e. The van der Waals surface area contributed by atoms with Gasteiger partial charge in [-0.3, -0.25) is 0 Å². The molecule has 1 aromatic heterocycles. The summed E-state index contributed by atoms with van der Waals surface area (Å²) in [5.41, 5.74) is -3.08. The van der Waals surface area contributed by atoms with Crippen molar-refractivity contribution in [3.05, 3.63) is 17.0 Å². The van der Waals surface area contributed by atoms with Gasteiger partial charge < -0.3 is 4.74 Å². The highest BCUT2D eigenvalue weighted by atomic mass is 35.5. The van der Waals surface area contributed by atoms with Crippen molar-refractivity contribution in [1.82, 2.24) is 9.97 Å². The predicted octanol–water partition coefficient (Wildman–Crippen LogP) is 7.32. The van der Waals surface area contributed by atoms with Crippen molar-refractivity contribution in [2.75, 3.05) is 0 Å². The second kappa shape index (κ2) is 9.32. The van der Waals surface area contributed by atoms with Gasteiger partial charge in [-0.25, -0.2) is 9.97 Å². The maximum atomic E-state index is 14.2. The van der Waals surface area contributed by atoms with Gasteiger partial charge in [-0.2, -0.15) is 26.3 Å². The molecule has 2 fully saturated rings. The van der Waals surface area contributed by atoms with Crippen LogP contribution in [0.15, 0.2) is 6.33 Å². The van der Waals surface area contributed by atoms with E-state index in [0.717, 1.165) is 0 Å². The second-order valence-electron chi connectivity index (χ2n) is 8.58. The molecule has 2 aliphatic carbocycles. The van der Waals surface area contributed by atoms with Gasteiger partial charge in [-0.1, -0.05) is 37.8 Å². The fourth-order valence-electron chi connectivity index (χ4n) is 5.49. The molecule has 0 aromatic carbocycles. The quantitative estimate of drug-likeness (QED) is 0.421. The zero-order valence-corrected chi connectivity index (χ0v) is 18.1. The van der Waals surface area contributed by atoms with E-state index in [2.05, 4.69) is 9.97 Å². The molecule has 0 saturated heterocycles. The number of rotatable bonds is 5. The van der Waals surface area contributed by atoms with Gasteiger partial charge in [-0.05, 0) is 56.8 Å². The third-order valence-electron chi connectivity index (χ3n) is 6.95. The normalized spacial score (nSPS) is 24.3. The Labute approximate surface area is 182 Å². The molecule has 2 saturated carbocycles. The minimum atomic E-state index is -5.35. The van der Waals surface area contributed by atoms with Crippen molar-refractivity contribution in [2.45, 2.75) is 89.6 Å². The van der Waals surface area contributed by atoms with Gasteiger partial charge in [0.2, 0.25) is 5.88 Å². The van der Waals surface area contributed by atoms with Gasteiger partial charge in [0.05, 0.1) is 5.69 Å². The Morgan fingerprint density at radius 1 is 0.871 bits per heavy atom. The van der Waals surface area contributed by atoms with Crippen LogP contribution < -0.4 is 4.74 Å². The number of alkyl halides is 6. The van der Waals surface area contributed by atoms with Crippen LogP contribution in [0.25, 0.3) is 0 Å². The molecular weight excluding hydrogens is 446 g/mol. The van der Waals surface area contributed by atoms with Crippen molar-refractivity contribution in [2.24, 2.45) is 17.3 Å². The Morgan fingerprint density at radius 2 is 1.42 bits per heavy atom. The molecule has 31 heavy (non-hydrogen) atoms. The van der Waals surface area contributed by atoms with Gasteiger partial charge in [0.15, 0.2) is 5.41 Å². The Kier molecular flexibility index (Phi) is 7.33. The van der Waals surface area contributed by atoms with Crippen molar-refractivity contribution in [3.8, 4) is 5.88 Å². The highest BCUT2D eigenvalue weighted by Crippen LogP contribution is 2.64. The van der Waals surface area contributed by atoms with E-state index < -0.39 is 35.7 Å². The molecule has 0 bridgehead atoms. The van der Waals surface area contributed by atoms with Gasteiger partial charge in [0, 0.05) is 0 Å². The highest BCUT2D eigenvalue weighted by molar-refractivity contribution is 6.32. The highest BCUT2D eigenvalue weighted by Gasteiger charge is 2.76. The third-order valence-corrected chi connectivity index (χ3v) is 7.33. The molecule has 0 atom stereocenters. The molecule has 0 unspecified atom stereocenters. The predicted molar refractivity (Wildman–Crippen MR) is 104 cm³/mol. The summed E-state index contributed by atoms with van der Waals surface area (Å²) >= 11 is 6.20. The maximum Gasteiger partial charge on any atom is 0.403 e. The van der Waals surface area contributed by atoms with Crippen LogP contribution >= 0.6 is 11.6 Å². The average Bonchev–Trinajstić information content (AvgIpc) is 2.70. The van der Waals surface area contributed by atoms with Crippen LogP contribution in [0.4, 0.5) is 26.3 Å². The summed E-state index contributed by atoms with van der Waals surface area (Å²) in [7, 11) is 0. The first-order valence-corrected chi connectivity index (χ1v) is 11.2. The Bertz CT molecular complexity index is 726. The molecule has 1 aromatic rings. The molecule has 3 rings (SSSR count). The second-order valence-corrected chi connectivity index (χ2v) is 8.96. The van der Waals surface area contributed by atoms with Gasteiger partial charge in [0.25, 0.3) is 0 Å². The molecule has 0 N–H and O–H groups in total. The number of nitrogens with zero attached hydrogens (tertiary/aromatic N) is 2. The minimum absolute atomic E-state index is 0.0359. The molecule has 3 nitrogen and oxygen atoms in total. The summed E-state index contributed by atoms with van der Waals surface area (Å²) in [6, 6.07) is 0. The van der Waals surface area contributed by atoms with Crippen molar-refractivity contribution >= 4 is 11.6 Å². The molecule has 176 valence electrons. The first kappa shape index (κ1) is 24.4. The van der Waals surface area contributed by atoms with Crippen LogP contribution in [-0.2, 0) is 6.42 Å². The van der Waals surface area contributed by atoms with E-state index in [-0.39, 0.29) is 49.4 Å². The number of aromatic nitrogens is 2. The Balaban J connectivity index is 1.81. The molecule has 10 heteroatoms. The smallest absolute Gasteiger partial charge is 0.403 e. The fraction of sp³-hybridized carbons (Fsp3) is 0.810. The number of hydrogen-bond acceptors (Lipinski definition) is 3. The molecule has 0 spiro atoms. The third kappa shape index (κ3) is 4.62. The van der Waals surface area contributed by atoms with Crippen molar-refractivity contribution in [3.63, 3.8) is 0 Å². The summed E-state index contributed by atoms with van der Waals surface area (Å²) in [6.45, 7) is 1.85. The molecular formula is C21H27ClF6N2O. The number of aryl methyl sites for hydroxylation is 1. The monoisotopic (exact) mass is 472 g/mol. The fourth-order valence-corrected chi connectivity index (χ4v) is 5.76.